The number of benzene rings is 2. The number of carbonyl (C=O) groups excluding carboxylic acids is 1. The number of carbonyl (C=O) groups is 1. The molecule has 2 aromatic carbocycles. The van der Waals surface area contributed by atoms with Crippen LogP contribution in [0.4, 0.5) is 21.6 Å². The Hall–Kier alpha value is -3.19. The number of anilines is 3. The second kappa shape index (κ2) is 7.79. The highest BCUT2D eigenvalue weighted by molar-refractivity contribution is 6.32. The van der Waals surface area contributed by atoms with Crippen molar-refractivity contribution in [2.75, 3.05) is 17.7 Å². The van der Waals surface area contributed by atoms with Gasteiger partial charge in [-0.2, -0.15) is 0 Å². The van der Waals surface area contributed by atoms with Gasteiger partial charge in [-0.1, -0.05) is 11.6 Å². The minimum Gasteiger partial charge on any atom is -0.495 e. The highest BCUT2D eigenvalue weighted by atomic mass is 35.5. The van der Waals surface area contributed by atoms with Gasteiger partial charge in [0.2, 0.25) is 0 Å². The lowest BCUT2D eigenvalue weighted by Gasteiger charge is -2.09. The number of halogens is 2. The van der Waals surface area contributed by atoms with Crippen LogP contribution in [0.5, 0.6) is 5.75 Å². The molecule has 26 heavy (non-hydrogen) atoms. The molecule has 0 bridgehead atoms. The van der Waals surface area contributed by atoms with Gasteiger partial charge in [0.1, 0.15) is 29.4 Å². The maximum Gasteiger partial charge on any atom is 0.274 e. The Kier molecular flexibility index (Phi) is 5.28. The number of nitrogens with one attached hydrogen (secondary N) is 2. The van der Waals surface area contributed by atoms with E-state index in [9.17, 15) is 9.18 Å². The SMILES string of the molecule is COc1ccc(Nc2cc(C(=O)Nc3ccc(F)cc3)ncn2)cc1Cl. The number of amides is 1. The Morgan fingerprint density at radius 3 is 2.50 bits per heavy atom. The van der Waals surface area contributed by atoms with Crippen LogP contribution < -0.4 is 15.4 Å². The minimum absolute atomic E-state index is 0.159. The van der Waals surface area contributed by atoms with Crippen molar-refractivity contribution in [3.63, 3.8) is 0 Å². The summed E-state index contributed by atoms with van der Waals surface area (Å²) >= 11 is 6.09. The van der Waals surface area contributed by atoms with Crippen LogP contribution in [0.3, 0.4) is 0 Å². The van der Waals surface area contributed by atoms with Gasteiger partial charge in [-0.15, -0.1) is 0 Å². The fraction of sp³-hybridized carbons (Fsp3) is 0.0556. The van der Waals surface area contributed by atoms with Crippen molar-refractivity contribution in [3.05, 3.63) is 71.4 Å². The first-order chi connectivity index (χ1) is 12.5. The number of hydrogen-bond donors (Lipinski definition) is 2. The number of rotatable bonds is 5. The molecule has 0 aliphatic carbocycles. The molecule has 2 N–H and O–H groups in total. The van der Waals surface area contributed by atoms with Crippen molar-refractivity contribution in [1.82, 2.24) is 9.97 Å². The fourth-order valence-corrected chi connectivity index (χ4v) is 2.43. The summed E-state index contributed by atoms with van der Waals surface area (Å²) < 4.78 is 18.0. The van der Waals surface area contributed by atoms with Gasteiger partial charge in [0.15, 0.2) is 0 Å². The lowest BCUT2D eigenvalue weighted by Crippen LogP contribution is -2.14. The smallest absolute Gasteiger partial charge is 0.274 e. The molecule has 6 nitrogen and oxygen atoms in total. The largest absolute Gasteiger partial charge is 0.495 e. The molecule has 0 aliphatic rings. The van der Waals surface area contributed by atoms with E-state index in [-0.39, 0.29) is 11.5 Å². The molecule has 3 rings (SSSR count). The Morgan fingerprint density at radius 1 is 1.08 bits per heavy atom. The number of hydrogen-bond acceptors (Lipinski definition) is 5. The quantitative estimate of drug-likeness (QED) is 0.699. The molecular formula is C18H14ClFN4O2. The topological polar surface area (TPSA) is 76.1 Å². The van der Waals surface area contributed by atoms with Crippen LogP contribution >= 0.6 is 11.6 Å². The predicted molar refractivity (Wildman–Crippen MR) is 97.7 cm³/mol. The van der Waals surface area contributed by atoms with Crippen LogP contribution in [-0.4, -0.2) is 23.0 Å². The molecule has 1 amide bonds. The van der Waals surface area contributed by atoms with E-state index >= 15 is 0 Å². The van der Waals surface area contributed by atoms with E-state index < -0.39 is 5.91 Å². The van der Waals surface area contributed by atoms with Gasteiger partial charge in [-0.25, -0.2) is 14.4 Å². The van der Waals surface area contributed by atoms with E-state index in [2.05, 4.69) is 20.6 Å². The van der Waals surface area contributed by atoms with Gasteiger partial charge in [0.05, 0.1) is 12.1 Å². The van der Waals surface area contributed by atoms with Crippen molar-refractivity contribution in [1.29, 1.82) is 0 Å². The Labute approximate surface area is 154 Å². The summed E-state index contributed by atoms with van der Waals surface area (Å²) in [6.45, 7) is 0. The van der Waals surface area contributed by atoms with Gasteiger partial charge < -0.3 is 15.4 Å². The van der Waals surface area contributed by atoms with Crippen LogP contribution in [0, 0.1) is 5.82 Å². The summed E-state index contributed by atoms with van der Waals surface area (Å²) in [5.74, 6) is 0.161. The third-order valence-electron chi connectivity index (χ3n) is 3.43. The molecule has 0 aliphatic heterocycles. The maximum atomic E-state index is 12.9. The third-order valence-corrected chi connectivity index (χ3v) is 3.72. The highest BCUT2D eigenvalue weighted by Crippen LogP contribution is 2.28. The lowest BCUT2D eigenvalue weighted by atomic mass is 10.2. The highest BCUT2D eigenvalue weighted by Gasteiger charge is 2.10. The normalized spacial score (nSPS) is 10.3. The molecule has 0 unspecified atom stereocenters. The van der Waals surface area contributed by atoms with Crippen LogP contribution in [0.1, 0.15) is 10.5 Å². The second-order valence-corrected chi connectivity index (χ2v) is 5.63. The third kappa shape index (κ3) is 4.25. The molecule has 0 spiro atoms. The van der Waals surface area contributed by atoms with E-state index in [0.717, 1.165) is 0 Å². The summed E-state index contributed by atoms with van der Waals surface area (Å²) in [6, 6.07) is 12.1. The first-order valence-corrected chi connectivity index (χ1v) is 7.92. The van der Waals surface area contributed by atoms with E-state index in [4.69, 9.17) is 16.3 Å². The van der Waals surface area contributed by atoms with E-state index in [1.165, 1.54) is 43.8 Å². The first-order valence-electron chi connectivity index (χ1n) is 7.54. The Balaban J connectivity index is 1.74. The van der Waals surface area contributed by atoms with Gasteiger partial charge in [-0.3, -0.25) is 4.79 Å². The minimum atomic E-state index is -0.435. The molecule has 0 saturated carbocycles. The lowest BCUT2D eigenvalue weighted by molar-refractivity contribution is 0.102. The fourth-order valence-electron chi connectivity index (χ4n) is 2.17. The zero-order valence-electron chi connectivity index (χ0n) is 13.7. The van der Waals surface area contributed by atoms with Crippen molar-refractivity contribution in [3.8, 4) is 5.75 Å². The van der Waals surface area contributed by atoms with Crippen molar-refractivity contribution >= 4 is 34.7 Å². The average molecular weight is 373 g/mol. The van der Waals surface area contributed by atoms with Gasteiger partial charge in [0, 0.05) is 17.4 Å². The monoisotopic (exact) mass is 372 g/mol. The van der Waals surface area contributed by atoms with Crippen molar-refractivity contribution in [2.24, 2.45) is 0 Å². The average Bonchev–Trinajstić information content (AvgIpc) is 2.64. The molecule has 0 fully saturated rings. The first kappa shape index (κ1) is 17.6. The van der Waals surface area contributed by atoms with Crippen LogP contribution in [0.25, 0.3) is 0 Å². The zero-order valence-corrected chi connectivity index (χ0v) is 14.4. The molecule has 1 heterocycles. The van der Waals surface area contributed by atoms with Crippen LogP contribution in [-0.2, 0) is 0 Å². The molecule has 1 aromatic heterocycles. The summed E-state index contributed by atoms with van der Waals surface area (Å²) in [4.78, 5) is 20.3. The Bertz CT molecular complexity index is 935. The number of methoxy groups -OCH3 is 1. The zero-order chi connectivity index (χ0) is 18.5. The number of ether oxygens (including phenoxy) is 1. The van der Waals surface area contributed by atoms with E-state index in [0.29, 0.717) is 28.0 Å². The van der Waals surface area contributed by atoms with Crippen LogP contribution in [0.15, 0.2) is 54.9 Å². The van der Waals surface area contributed by atoms with Crippen molar-refractivity contribution in [2.45, 2.75) is 0 Å². The molecule has 3 aromatic rings. The number of aromatic nitrogens is 2. The maximum absolute atomic E-state index is 12.9. The summed E-state index contributed by atoms with van der Waals surface area (Å²) in [5.41, 5.74) is 1.30. The van der Waals surface area contributed by atoms with Gasteiger partial charge in [0.25, 0.3) is 5.91 Å². The number of nitrogens with zero attached hydrogens (tertiary/aromatic N) is 2. The molecule has 0 radical (unpaired) electrons. The molecule has 8 heteroatoms. The van der Waals surface area contributed by atoms with Crippen molar-refractivity contribution < 1.29 is 13.9 Å². The Morgan fingerprint density at radius 2 is 1.81 bits per heavy atom. The van der Waals surface area contributed by atoms with E-state index in [1.54, 1.807) is 18.2 Å². The van der Waals surface area contributed by atoms with Gasteiger partial charge >= 0.3 is 0 Å². The summed E-state index contributed by atoms with van der Waals surface area (Å²) in [6.07, 6.45) is 1.27. The predicted octanol–water partition coefficient (Wildman–Crippen LogP) is 4.27. The summed E-state index contributed by atoms with van der Waals surface area (Å²) in [5, 5.41) is 6.13. The van der Waals surface area contributed by atoms with E-state index in [1.807, 2.05) is 0 Å². The molecule has 0 atom stereocenters. The summed E-state index contributed by atoms with van der Waals surface area (Å²) in [7, 11) is 1.53. The second-order valence-electron chi connectivity index (χ2n) is 5.22. The molecule has 0 saturated heterocycles. The molecular weight excluding hydrogens is 359 g/mol. The van der Waals surface area contributed by atoms with Crippen LogP contribution in [0.2, 0.25) is 5.02 Å². The molecule has 132 valence electrons. The standard InChI is InChI=1S/C18H14ClFN4O2/c1-26-16-7-6-13(8-14(16)19)23-17-9-15(21-10-22-17)18(25)24-12-4-2-11(20)3-5-12/h2-10H,1H3,(H,24,25)(H,21,22,23). The van der Waals surface area contributed by atoms with Gasteiger partial charge in [-0.05, 0) is 42.5 Å².